The average Bonchev–Trinajstić information content (AvgIpc) is 2.69. The Morgan fingerprint density at radius 2 is 1.40 bits per heavy atom. The zero-order valence-electron chi connectivity index (χ0n) is 14.8. The molecule has 0 amide bonds. The van der Waals surface area contributed by atoms with Gasteiger partial charge in [-0.05, 0) is 43.5 Å². The van der Waals surface area contributed by atoms with Crippen LogP contribution < -0.4 is 4.90 Å². The van der Waals surface area contributed by atoms with Crippen molar-refractivity contribution in [3.63, 3.8) is 0 Å². The number of nitrogens with zero attached hydrogens (tertiary/aromatic N) is 1. The summed E-state index contributed by atoms with van der Waals surface area (Å²) in [6.07, 6.45) is 6.60. The van der Waals surface area contributed by atoms with E-state index in [4.69, 9.17) is 0 Å². The van der Waals surface area contributed by atoms with Crippen molar-refractivity contribution in [1.29, 1.82) is 0 Å². The van der Waals surface area contributed by atoms with Crippen LogP contribution in [0.25, 0.3) is 11.1 Å². The van der Waals surface area contributed by atoms with Crippen LogP contribution >= 0.6 is 0 Å². The maximum atomic E-state index is 2.44. The summed E-state index contributed by atoms with van der Waals surface area (Å²) in [4.78, 5) is 2.44. The fraction of sp³-hybridized carbons (Fsp3) is 0.167. The van der Waals surface area contributed by atoms with Crippen LogP contribution in [0.5, 0.6) is 0 Å². The zero-order chi connectivity index (χ0) is 17.3. The molecule has 0 heterocycles. The van der Waals surface area contributed by atoms with E-state index in [-0.39, 0.29) is 0 Å². The van der Waals surface area contributed by atoms with Gasteiger partial charge >= 0.3 is 0 Å². The van der Waals surface area contributed by atoms with Crippen LogP contribution in [0.15, 0.2) is 97.1 Å². The van der Waals surface area contributed by atoms with E-state index in [9.17, 15) is 0 Å². The first kappa shape index (κ1) is 17.0. The molecule has 0 spiro atoms. The van der Waals surface area contributed by atoms with Gasteiger partial charge in [-0.25, -0.2) is 0 Å². The molecule has 0 bridgehead atoms. The molecule has 1 heteroatoms. The molecular weight excluding hydrogens is 302 g/mol. The smallest absolute Gasteiger partial charge is 0.0490 e. The molecule has 0 aliphatic rings. The van der Waals surface area contributed by atoms with Gasteiger partial charge in [-0.1, -0.05) is 78.9 Å². The maximum absolute atomic E-state index is 2.44. The van der Waals surface area contributed by atoms with E-state index in [0.29, 0.717) is 0 Å². The number of rotatable bonds is 7. The first-order valence-electron chi connectivity index (χ1n) is 8.98. The highest BCUT2D eigenvalue weighted by Crippen LogP contribution is 2.35. The van der Waals surface area contributed by atoms with Gasteiger partial charge in [-0.2, -0.15) is 0 Å². The molecular formula is C24H25N. The molecule has 1 nitrogen and oxygen atoms in total. The van der Waals surface area contributed by atoms with Gasteiger partial charge < -0.3 is 4.90 Å². The van der Waals surface area contributed by atoms with Crippen LogP contribution in [0.4, 0.5) is 11.4 Å². The summed E-state index contributed by atoms with van der Waals surface area (Å²) in [6, 6.07) is 30.0. The third-order valence-corrected chi connectivity index (χ3v) is 4.34. The molecule has 0 atom stereocenters. The summed E-state index contributed by atoms with van der Waals surface area (Å²) < 4.78 is 0. The number of para-hydroxylation sites is 2. The van der Waals surface area contributed by atoms with Crippen molar-refractivity contribution < 1.29 is 0 Å². The van der Waals surface area contributed by atoms with E-state index in [2.05, 4.69) is 109 Å². The van der Waals surface area contributed by atoms with Crippen molar-refractivity contribution in [2.45, 2.75) is 19.8 Å². The minimum absolute atomic E-state index is 0.998. The summed E-state index contributed by atoms with van der Waals surface area (Å²) in [5.74, 6) is 0. The number of unbranched alkanes of at least 4 members (excludes halogenated alkanes) is 1. The van der Waals surface area contributed by atoms with Gasteiger partial charge in [0.15, 0.2) is 0 Å². The van der Waals surface area contributed by atoms with E-state index in [1.807, 2.05) is 0 Å². The molecule has 0 fully saturated rings. The van der Waals surface area contributed by atoms with E-state index >= 15 is 0 Å². The number of hydrogen-bond donors (Lipinski definition) is 0. The quantitative estimate of drug-likeness (QED) is 0.339. The van der Waals surface area contributed by atoms with Gasteiger partial charge in [0.1, 0.15) is 0 Å². The van der Waals surface area contributed by atoms with Crippen molar-refractivity contribution >= 4 is 11.4 Å². The third kappa shape index (κ3) is 4.39. The first-order chi connectivity index (χ1) is 12.4. The Balaban J connectivity index is 1.99. The second-order valence-corrected chi connectivity index (χ2v) is 6.08. The standard InChI is InChI=1S/C24H25N/c1-2-3-4-13-20-25(22-16-9-6-10-17-22)24-19-12-11-18-23(24)21-14-7-5-8-15-21/h2-3,5-12,14-19H,4,13,20H2,1H3. The molecule has 126 valence electrons. The van der Waals surface area contributed by atoms with E-state index in [1.54, 1.807) is 0 Å². The van der Waals surface area contributed by atoms with Gasteiger partial charge in [0, 0.05) is 23.5 Å². The zero-order valence-corrected chi connectivity index (χ0v) is 14.8. The van der Waals surface area contributed by atoms with Crippen molar-refractivity contribution in [3.8, 4) is 11.1 Å². The lowest BCUT2D eigenvalue weighted by Gasteiger charge is -2.27. The minimum atomic E-state index is 0.998. The second-order valence-electron chi connectivity index (χ2n) is 6.08. The molecule has 0 aliphatic heterocycles. The summed E-state index contributed by atoms with van der Waals surface area (Å²) in [5, 5.41) is 0. The van der Waals surface area contributed by atoms with E-state index in [1.165, 1.54) is 22.5 Å². The Bertz CT molecular complexity index is 791. The molecule has 0 radical (unpaired) electrons. The Kier molecular flexibility index (Phi) is 6.06. The Labute approximate surface area is 151 Å². The largest absolute Gasteiger partial charge is 0.341 e. The lowest BCUT2D eigenvalue weighted by molar-refractivity contribution is 0.825. The summed E-state index contributed by atoms with van der Waals surface area (Å²) in [7, 11) is 0. The van der Waals surface area contributed by atoms with Gasteiger partial charge in [0.25, 0.3) is 0 Å². The first-order valence-corrected chi connectivity index (χ1v) is 8.98. The average molecular weight is 327 g/mol. The number of hydrogen-bond acceptors (Lipinski definition) is 1. The van der Waals surface area contributed by atoms with E-state index in [0.717, 1.165) is 19.4 Å². The van der Waals surface area contributed by atoms with Crippen molar-refractivity contribution in [2.24, 2.45) is 0 Å². The minimum Gasteiger partial charge on any atom is -0.341 e. The highest BCUT2D eigenvalue weighted by atomic mass is 15.1. The molecule has 3 rings (SSSR count). The van der Waals surface area contributed by atoms with Gasteiger partial charge in [0.2, 0.25) is 0 Å². The lowest BCUT2D eigenvalue weighted by atomic mass is 10.0. The number of allylic oxidation sites excluding steroid dienone is 2. The predicted octanol–water partition coefficient (Wildman–Crippen LogP) is 6.85. The van der Waals surface area contributed by atoms with Crippen LogP contribution in [-0.4, -0.2) is 6.54 Å². The monoisotopic (exact) mass is 327 g/mol. The fourth-order valence-corrected chi connectivity index (χ4v) is 3.10. The Morgan fingerprint density at radius 1 is 0.760 bits per heavy atom. The van der Waals surface area contributed by atoms with Crippen LogP contribution in [-0.2, 0) is 0 Å². The molecule has 0 saturated heterocycles. The molecule has 0 aliphatic carbocycles. The summed E-state index contributed by atoms with van der Waals surface area (Å²) in [5.41, 5.74) is 5.04. The number of anilines is 2. The lowest BCUT2D eigenvalue weighted by Crippen LogP contribution is -2.19. The van der Waals surface area contributed by atoms with E-state index < -0.39 is 0 Å². The molecule has 3 aromatic rings. The highest BCUT2D eigenvalue weighted by Gasteiger charge is 2.13. The van der Waals surface area contributed by atoms with Crippen LogP contribution in [0.1, 0.15) is 19.8 Å². The van der Waals surface area contributed by atoms with Gasteiger partial charge in [0.05, 0.1) is 0 Å². The second kappa shape index (κ2) is 8.89. The number of benzene rings is 3. The fourth-order valence-electron chi connectivity index (χ4n) is 3.10. The molecule has 0 aromatic heterocycles. The Morgan fingerprint density at radius 3 is 2.12 bits per heavy atom. The van der Waals surface area contributed by atoms with Crippen molar-refractivity contribution in [3.05, 3.63) is 97.1 Å². The molecule has 3 aromatic carbocycles. The highest BCUT2D eigenvalue weighted by molar-refractivity contribution is 5.82. The van der Waals surface area contributed by atoms with Crippen molar-refractivity contribution in [1.82, 2.24) is 0 Å². The molecule has 25 heavy (non-hydrogen) atoms. The predicted molar refractivity (Wildman–Crippen MR) is 109 cm³/mol. The third-order valence-electron chi connectivity index (χ3n) is 4.34. The summed E-state index contributed by atoms with van der Waals surface area (Å²) in [6.45, 7) is 3.08. The molecule has 0 N–H and O–H groups in total. The Hall–Kier alpha value is -2.80. The topological polar surface area (TPSA) is 3.24 Å². The van der Waals surface area contributed by atoms with Crippen molar-refractivity contribution in [2.75, 3.05) is 11.4 Å². The van der Waals surface area contributed by atoms with Crippen LogP contribution in [0, 0.1) is 0 Å². The molecule has 0 unspecified atom stereocenters. The SMILES string of the molecule is CC=CCCCN(c1ccccc1)c1ccccc1-c1ccccc1. The van der Waals surface area contributed by atoms with Gasteiger partial charge in [-0.3, -0.25) is 0 Å². The van der Waals surface area contributed by atoms with Gasteiger partial charge in [-0.15, -0.1) is 0 Å². The van der Waals surface area contributed by atoms with Crippen LogP contribution in [0.2, 0.25) is 0 Å². The molecule has 0 saturated carbocycles. The normalized spacial score (nSPS) is 10.9. The van der Waals surface area contributed by atoms with Crippen LogP contribution in [0.3, 0.4) is 0 Å². The maximum Gasteiger partial charge on any atom is 0.0490 e. The summed E-state index contributed by atoms with van der Waals surface area (Å²) >= 11 is 0.